The molecular weight excluding hydrogens is 212 g/mol. The van der Waals surface area contributed by atoms with E-state index in [0.717, 1.165) is 19.3 Å². The van der Waals surface area contributed by atoms with Crippen molar-refractivity contribution >= 4 is 19.7 Å². The SMILES string of the molecule is CCO[C@@H]1CCCC[C@@H]1S(=O)(=O)Cl. The quantitative estimate of drug-likeness (QED) is 0.691. The maximum atomic E-state index is 11.2. The van der Waals surface area contributed by atoms with Gasteiger partial charge < -0.3 is 4.74 Å². The molecular formula is C8H15ClO3S. The largest absolute Gasteiger partial charge is 0.377 e. The normalized spacial score (nSPS) is 30.3. The highest BCUT2D eigenvalue weighted by Gasteiger charge is 2.34. The van der Waals surface area contributed by atoms with Gasteiger partial charge in [-0.25, -0.2) is 8.42 Å². The number of ether oxygens (including phenoxy) is 1. The van der Waals surface area contributed by atoms with Gasteiger partial charge in [0.15, 0.2) is 0 Å². The summed E-state index contributed by atoms with van der Waals surface area (Å²) >= 11 is 0. The number of rotatable bonds is 3. The summed E-state index contributed by atoms with van der Waals surface area (Å²) in [4.78, 5) is 0. The Morgan fingerprint density at radius 3 is 2.54 bits per heavy atom. The molecule has 0 saturated heterocycles. The first-order valence-electron chi connectivity index (χ1n) is 4.60. The molecule has 1 rings (SSSR count). The summed E-state index contributed by atoms with van der Waals surface area (Å²) in [5, 5.41) is -0.497. The van der Waals surface area contributed by atoms with E-state index in [0.29, 0.717) is 13.0 Å². The number of hydrogen-bond donors (Lipinski definition) is 0. The van der Waals surface area contributed by atoms with Crippen molar-refractivity contribution in [3.8, 4) is 0 Å². The lowest BCUT2D eigenvalue weighted by molar-refractivity contribution is 0.0399. The molecule has 1 saturated carbocycles. The maximum Gasteiger partial charge on any atom is 0.238 e. The Morgan fingerprint density at radius 2 is 2.00 bits per heavy atom. The standard InChI is InChI=1S/C8H15ClO3S/c1-2-12-7-5-3-4-6-8(7)13(9,10)11/h7-8H,2-6H2,1H3/t7-,8+/m1/s1. The second-order valence-corrected chi connectivity index (χ2v) is 6.14. The smallest absolute Gasteiger partial charge is 0.238 e. The van der Waals surface area contributed by atoms with Crippen LogP contribution in [0, 0.1) is 0 Å². The van der Waals surface area contributed by atoms with Gasteiger partial charge >= 0.3 is 0 Å². The van der Waals surface area contributed by atoms with Crippen LogP contribution in [-0.4, -0.2) is 26.4 Å². The summed E-state index contributed by atoms with van der Waals surface area (Å²) in [5.41, 5.74) is 0. The molecule has 0 aliphatic heterocycles. The van der Waals surface area contributed by atoms with Crippen molar-refractivity contribution in [2.45, 2.75) is 44.0 Å². The summed E-state index contributed by atoms with van der Waals surface area (Å²) in [5.74, 6) is 0. The third-order valence-electron chi connectivity index (χ3n) is 2.38. The van der Waals surface area contributed by atoms with Crippen LogP contribution in [0.5, 0.6) is 0 Å². The molecule has 0 unspecified atom stereocenters. The van der Waals surface area contributed by atoms with E-state index in [9.17, 15) is 8.42 Å². The molecule has 0 radical (unpaired) electrons. The molecule has 1 aliphatic carbocycles. The highest BCUT2D eigenvalue weighted by atomic mass is 35.7. The molecule has 0 N–H and O–H groups in total. The van der Waals surface area contributed by atoms with Gasteiger partial charge in [-0.2, -0.15) is 0 Å². The third kappa shape index (κ3) is 3.11. The average Bonchev–Trinajstić information content (AvgIpc) is 2.04. The van der Waals surface area contributed by atoms with Gasteiger partial charge in [-0.1, -0.05) is 12.8 Å². The Morgan fingerprint density at radius 1 is 1.38 bits per heavy atom. The summed E-state index contributed by atoms with van der Waals surface area (Å²) < 4.78 is 27.7. The van der Waals surface area contributed by atoms with Crippen LogP contribution in [0.15, 0.2) is 0 Å². The van der Waals surface area contributed by atoms with Crippen molar-refractivity contribution in [2.24, 2.45) is 0 Å². The third-order valence-corrected chi connectivity index (χ3v) is 4.33. The molecule has 78 valence electrons. The Balaban J connectivity index is 2.67. The predicted octanol–water partition coefficient (Wildman–Crippen LogP) is 1.90. The first kappa shape index (κ1) is 11.3. The molecule has 0 heterocycles. The van der Waals surface area contributed by atoms with Gasteiger partial charge in [0.25, 0.3) is 0 Å². The highest BCUT2D eigenvalue weighted by Crippen LogP contribution is 2.28. The van der Waals surface area contributed by atoms with E-state index >= 15 is 0 Å². The fourth-order valence-corrected chi connectivity index (χ4v) is 3.43. The summed E-state index contributed by atoms with van der Waals surface area (Å²) in [6.07, 6.45) is 3.22. The minimum absolute atomic E-state index is 0.193. The van der Waals surface area contributed by atoms with Gasteiger partial charge in [-0.05, 0) is 19.8 Å². The molecule has 1 aliphatic rings. The van der Waals surface area contributed by atoms with E-state index in [2.05, 4.69) is 0 Å². The molecule has 0 spiro atoms. The lowest BCUT2D eigenvalue weighted by atomic mass is 9.97. The molecule has 2 atom stereocenters. The van der Waals surface area contributed by atoms with Gasteiger partial charge in [0.1, 0.15) is 5.25 Å². The zero-order valence-corrected chi connectivity index (χ0v) is 9.27. The van der Waals surface area contributed by atoms with Crippen molar-refractivity contribution in [1.82, 2.24) is 0 Å². The van der Waals surface area contributed by atoms with E-state index in [1.165, 1.54) is 0 Å². The second kappa shape index (κ2) is 4.62. The molecule has 0 aromatic carbocycles. The average molecular weight is 227 g/mol. The second-order valence-electron chi connectivity index (χ2n) is 3.29. The molecule has 1 fully saturated rings. The molecule has 3 nitrogen and oxygen atoms in total. The van der Waals surface area contributed by atoms with Crippen molar-refractivity contribution in [3.05, 3.63) is 0 Å². The van der Waals surface area contributed by atoms with E-state index < -0.39 is 14.3 Å². The number of hydrogen-bond acceptors (Lipinski definition) is 3. The molecule has 0 bridgehead atoms. The highest BCUT2D eigenvalue weighted by molar-refractivity contribution is 8.14. The minimum atomic E-state index is -3.45. The first-order valence-corrected chi connectivity index (χ1v) is 6.98. The van der Waals surface area contributed by atoms with E-state index in [-0.39, 0.29) is 6.10 Å². The molecule has 0 aromatic heterocycles. The predicted molar refractivity (Wildman–Crippen MR) is 52.4 cm³/mol. The molecule has 13 heavy (non-hydrogen) atoms. The Bertz CT molecular complexity index is 248. The molecule has 0 aromatic rings. The summed E-state index contributed by atoms with van der Waals surface area (Å²) in [6, 6.07) is 0. The maximum absolute atomic E-state index is 11.2. The van der Waals surface area contributed by atoms with Crippen LogP contribution >= 0.6 is 10.7 Å². The van der Waals surface area contributed by atoms with Crippen molar-refractivity contribution in [1.29, 1.82) is 0 Å². The van der Waals surface area contributed by atoms with E-state index in [1.54, 1.807) is 0 Å². The fourth-order valence-electron chi connectivity index (χ4n) is 1.79. The lowest BCUT2D eigenvalue weighted by Crippen LogP contribution is -2.36. The van der Waals surface area contributed by atoms with Crippen molar-refractivity contribution in [3.63, 3.8) is 0 Å². The van der Waals surface area contributed by atoms with E-state index in [1.807, 2.05) is 6.92 Å². The first-order chi connectivity index (χ1) is 6.05. The van der Waals surface area contributed by atoms with Crippen LogP contribution in [0.4, 0.5) is 0 Å². The van der Waals surface area contributed by atoms with Gasteiger partial charge in [0.05, 0.1) is 6.10 Å². The fraction of sp³-hybridized carbons (Fsp3) is 1.00. The zero-order valence-electron chi connectivity index (χ0n) is 7.70. The Kier molecular flexibility index (Phi) is 4.01. The lowest BCUT2D eigenvalue weighted by Gasteiger charge is -2.28. The van der Waals surface area contributed by atoms with Gasteiger partial charge in [-0.15, -0.1) is 0 Å². The van der Waals surface area contributed by atoms with Crippen LogP contribution in [-0.2, 0) is 13.8 Å². The van der Waals surface area contributed by atoms with Crippen LogP contribution < -0.4 is 0 Å². The summed E-state index contributed by atoms with van der Waals surface area (Å²) in [7, 11) is 1.88. The van der Waals surface area contributed by atoms with Gasteiger partial charge in [0.2, 0.25) is 9.05 Å². The Labute approximate surface area is 83.8 Å². The van der Waals surface area contributed by atoms with Gasteiger partial charge in [0, 0.05) is 17.3 Å². The van der Waals surface area contributed by atoms with Crippen LogP contribution in [0.2, 0.25) is 0 Å². The van der Waals surface area contributed by atoms with E-state index in [4.69, 9.17) is 15.4 Å². The van der Waals surface area contributed by atoms with Gasteiger partial charge in [-0.3, -0.25) is 0 Å². The summed E-state index contributed by atoms with van der Waals surface area (Å²) in [6.45, 7) is 2.42. The molecule has 5 heteroatoms. The van der Waals surface area contributed by atoms with Crippen LogP contribution in [0.25, 0.3) is 0 Å². The molecule has 0 amide bonds. The van der Waals surface area contributed by atoms with Crippen molar-refractivity contribution < 1.29 is 13.2 Å². The van der Waals surface area contributed by atoms with Crippen LogP contribution in [0.3, 0.4) is 0 Å². The van der Waals surface area contributed by atoms with Crippen molar-refractivity contribution in [2.75, 3.05) is 6.61 Å². The topological polar surface area (TPSA) is 43.4 Å². The number of halogens is 1. The monoisotopic (exact) mass is 226 g/mol. The zero-order chi connectivity index (χ0) is 9.90. The Hall–Kier alpha value is 0.200. The van der Waals surface area contributed by atoms with Crippen LogP contribution in [0.1, 0.15) is 32.6 Å². The minimum Gasteiger partial charge on any atom is -0.377 e.